The predicted octanol–water partition coefficient (Wildman–Crippen LogP) is 4.87. The molecule has 0 saturated carbocycles. The number of anilines is 1. The van der Waals surface area contributed by atoms with Crippen molar-refractivity contribution in [3.63, 3.8) is 0 Å². The van der Waals surface area contributed by atoms with Crippen molar-refractivity contribution in [1.29, 1.82) is 0 Å². The number of para-hydroxylation sites is 1. The van der Waals surface area contributed by atoms with Crippen LogP contribution in [0.15, 0.2) is 54.9 Å². The average Bonchev–Trinajstić information content (AvgIpc) is 2.79. The molecule has 4 rings (SSSR count). The van der Waals surface area contributed by atoms with Gasteiger partial charge in [0, 0.05) is 28.9 Å². The van der Waals surface area contributed by atoms with Crippen LogP contribution in [0.1, 0.15) is 39.7 Å². The Hall–Kier alpha value is -2.70. The Morgan fingerprint density at radius 1 is 1.12 bits per heavy atom. The molecule has 1 amide bonds. The lowest BCUT2D eigenvalue weighted by Crippen LogP contribution is -2.59. The number of hydrogen-bond acceptors (Lipinski definition) is 5. The lowest BCUT2D eigenvalue weighted by molar-refractivity contribution is -0.154. The van der Waals surface area contributed by atoms with Gasteiger partial charge in [-0.25, -0.2) is 9.97 Å². The highest BCUT2D eigenvalue weighted by Crippen LogP contribution is 2.46. The number of carbonyl (C=O) groups is 1. The number of benzene rings is 2. The van der Waals surface area contributed by atoms with Gasteiger partial charge in [-0.15, -0.1) is 0 Å². The Labute approximate surface area is 200 Å². The van der Waals surface area contributed by atoms with E-state index in [-0.39, 0.29) is 11.8 Å². The van der Waals surface area contributed by atoms with Crippen LogP contribution in [0.5, 0.6) is 0 Å². The van der Waals surface area contributed by atoms with E-state index in [1.54, 1.807) is 12.1 Å². The van der Waals surface area contributed by atoms with E-state index in [1.807, 2.05) is 69.0 Å². The minimum absolute atomic E-state index is 0.0129. The summed E-state index contributed by atoms with van der Waals surface area (Å²) < 4.78 is 0. The summed E-state index contributed by atoms with van der Waals surface area (Å²) in [5, 5.41) is 16.6. The fourth-order valence-corrected chi connectivity index (χ4v) is 4.87. The summed E-state index contributed by atoms with van der Waals surface area (Å²) in [6.07, 6.45) is 1.97. The number of rotatable bonds is 5. The Morgan fingerprint density at radius 3 is 2.48 bits per heavy atom. The van der Waals surface area contributed by atoms with Gasteiger partial charge in [0.2, 0.25) is 5.91 Å². The summed E-state index contributed by atoms with van der Waals surface area (Å²) in [6.45, 7) is 8.99. The zero-order chi connectivity index (χ0) is 23.8. The maximum Gasteiger partial charge on any atom is 0.245 e. The van der Waals surface area contributed by atoms with Crippen LogP contribution >= 0.6 is 11.6 Å². The third-order valence-corrected chi connectivity index (χ3v) is 7.10. The van der Waals surface area contributed by atoms with E-state index in [0.29, 0.717) is 30.4 Å². The van der Waals surface area contributed by atoms with Crippen molar-refractivity contribution < 1.29 is 9.90 Å². The van der Waals surface area contributed by atoms with Crippen molar-refractivity contribution >= 4 is 34.2 Å². The molecule has 6 nitrogen and oxygen atoms in total. The van der Waals surface area contributed by atoms with Crippen LogP contribution in [0, 0.1) is 11.3 Å². The molecule has 3 aromatic rings. The predicted molar refractivity (Wildman–Crippen MR) is 132 cm³/mol. The molecule has 1 aliphatic rings. The second-order valence-electron chi connectivity index (χ2n) is 9.87. The lowest BCUT2D eigenvalue weighted by Gasteiger charge is -2.51. The maximum absolute atomic E-state index is 13.7. The summed E-state index contributed by atoms with van der Waals surface area (Å²) in [4.78, 5) is 24.3. The van der Waals surface area contributed by atoms with Crippen LogP contribution in [0.25, 0.3) is 10.9 Å². The number of carbonyl (C=O) groups excluding carboxylic acids is 1. The van der Waals surface area contributed by atoms with Crippen molar-refractivity contribution in [3.05, 3.63) is 65.4 Å². The lowest BCUT2D eigenvalue weighted by atomic mass is 9.66. The maximum atomic E-state index is 13.7. The van der Waals surface area contributed by atoms with E-state index in [1.165, 1.54) is 6.33 Å². The van der Waals surface area contributed by atoms with E-state index in [9.17, 15) is 9.90 Å². The standard InChI is InChI=1S/C26H31ClN4O2/c1-17(2)22(30-23-20-7-5-6-8-21(20)28-16-29-23)24(32)31-14-13-26(33,25(3,4)15-31)18-9-11-19(27)12-10-18/h5-12,16-17,22,33H,13-15H2,1-4H3,(H,28,29,30)/t22-,26+/m1/s1. The zero-order valence-electron chi connectivity index (χ0n) is 19.5. The van der Waals surface area contributed by atoms with Crippen molar-refractivity contribution in [3.8, 4) is 0 Å². The molecule has 1 aliphatic heterocycles. The molecule has 1 fully saturated rings. The molecule has 0 unspecified atom stereocenters. The number of piperidine rings is 1. The Balaban J connectivity index is 1.57. The van der Waals surface area contributed by atoms with Gasteiger partial charge < -0.3 is 15.3 Å². The number of likely N-dealkylation sites (tertiary alicyclic amines) is 1. The molecule has 7 heteroatoms. The Bertz CT molecular complexity index is 1140. The highest BCUT2D eigenvalue weighted by atomic mass is 35.5. The van der Waals surface area contributed by atoms with Gasteiger partial charge >= 0.3 is 0 Å². The van der Waals surface area contributed by atoms with Gasteiger partial charge in [0.1, 0.15) is 18.2 Å². The fourth-order valence-electron chi connectivity index (χ4n) is 4.75. The monoisotopic (exact) mass is 466 g/mol. The molecule has 1 aromatic heterocycles. The molecular formula is C26H31ClN4O2. The molecule has 0 bridgehead atoms. The molecule has 2 atom stereocenters. The first-order valence-electron chi connectivity index (χ1n) is 11.4. The first-order valence-corrected chi connectivity index (χ1v) is 11.7. The molecule has 33 heavy (non-hydrogen) atoms. The summed E-state index contributed by atoms with van der Waals surface area (Å²) in [7, 11) is 0. The minimum Gasteiger partial charge on any atom is -0.384 e. The quantitative estimate of drug-likeness (QED) is 0.561. The molecule has 2 aromatic carbocycles. The average molecular weight is 467 g/mol. The zero-order valence-corrected chi connectivity index (χ0v) is 20.3. The van der Waals surface area contributed by atoms with Gasteiger partial charge in [0.15, 0.2) is 0 Å². The number of nitrogens with one attached hydrogen (secondary N) is 1. The Kier molecular flexibility index (Phi) is 6.34. The van der Waals surface area contributed by atoms with Crippen molar-refractivity contribution in [2.75, 3.05) is 18.4 Å². The SMILES string of the molecule is CC(C)[C@@H](Nc1ncnc2ccccc12)C(=O)N1CC[C@](O)(c2ccc(Cl)cc2)C(C)(C)C1. The highest BCUT2D eigenvalue weighted by Gasteiger charge is 2.50. The Morgan fingerprint density at radius 2 is 1.82 bits per heavy atom. The molecular weight excluding hydrogens is 436 g/mol. The molecule has 0 spiro atoms. The van der Waals surface area contributed by atoms with Gasteiger partial charge in [-0.1, -0.05) is 63.6 Å². The largest absolute Gasteiger partial charge is 0.384 e. The molecule has 1 saturated heterocycles. The van der Waals surface area contributed by atoms with E-state index in [0.717, 1.165) is 16.5 Å². The number of amides is 1. The van der Waals surface area contributed by atoms with E-state index < -0.39 is 17.1 Å². The molecule has 174 valence electrons. The number of aromatic nitrogens is 2. The van der Waals surface area contributed by atoms with Crippen LogP contribution in [-0.4, -0.2) is 45.0 Å². The van der Waals surface area contributed by atoms with Crippen LogP contribution < -0.4 is 5.32 Å². The normalized spacial score (nSPS) is 21.2. The summed E-state index contributed by atoms with van der Waals surface area (Å²) in [5.74, 6) is 0.715. The van der Waals surface area contributed by atoms with E-state index in [2.05, 4.69) is 15.3 Å². The van der Waals surface area contributed by atoms with Crippen LogP contribution in [0.2, 0.25) is 5.02 Å². The van der Waals surface area contributed by atoms with E-state index >= 15 is 0 Å². The third kappa shape index (κ3) is 4.42. The fraction of sp³-hybridized carbons (Fsp3) is 0.423. The summed E-state index contributed by atoms with van der Waals surface area (Å²) >= 11 is 6.05. The second-order valence-corrected chi connectivity index (χ2v) is 10.3. The number of aliphatic hydroxyl groups is 1. The smallest absolute Gasteiger partial charge is 0.245 e. The van der Waals surface area contributed by atoms with Gasteiger partial charge in [0.05, 0.1) is 11.1 Å². The van der Waals surface area contributed by atoms with Gasteiger partial charge in [0.25, 0.3) is 0 Å². The topological polar surface area (TPSA) is 78.4 Å². The molecule has 2 heterocycles. The molecule has 0 radical (unpaired) electrons. The van der Waals surface area contributed by atoms with Crippen LogP contribution in [0.4, 0.5) is 5.82 Å². The number of nitrogens with zero attached hydrogens (tertiary/aromatic N) is 3. The van der Waals surface area contributed by atoms with E-state index in [4.69, 9.17) is 11.6 Å². The number of halogens is 1. The third-order valence-electron chi connectivity index (χ3n) is 6.85. The van der Waals surface area contributed by atoms with Gasteiger partial charge in [-0.3, -0.25) is 4.79 Å². The van der Waals surface area contributed by atoms with Crippen LogP contribution in [0.3, 0.4) is 0 Å². The molecule has 2 N–H and O–H groups in total. The van der Waals surface area contributed by atoms with Crippen molar-refractivity contribution in [2.45, 2.75) is 45.8 Å². The van der Waals surface area contributed by atoms with Gasteiger partial charge in [-0.05, 0) is 42.2 Å². The summed E-state index contributed by atoms with van der Waals surface area (Å²) in [6, 6.07) is 14.7. The van der Waals surface area contributed by atoms with Crippen molar-refractivity contribution in [2.24, 2.45) is 11.3 Å². The second kappa shape index (κ2) is 8.92. The number of hydrogen-bond donors (Lipinski definition) is 2. The minimum atomic E-state index is -1.04. The first-order chi connectivity index (χ1) is 15.6. The van der Waals surface area contributed by atoms with Gasteiger partial charge in [-0.2, -0.15) is 0 Å². The van der Waals surface area contributed by atoms with Crippen molar-refractivity contribution in [1.82, 2.24) is 14.9 Å². The van der Waals surface area contributed by atoms with Crippen LogP contribution in [-0.2, 0) is 10.4 Å². The number of fused-ring (bicyclic) bond motifs is 1. The first kappa shape index (κ1) is 23.5. The molecule has 0 aliphatic carbocycles. The highest BCUT2D eigenvalue weighted by molar-refractivity contribution is 6.30. The summed E-state index contributed by atoms with van der Waals surface area (Å²) in [5.41, 5.74) is 0.0719.